The Morgan fingerprint density at radius 1 is 1.27 bits per heavy atom. The van der Waals surface area contributed by atoms with Gasteiger partial charge in [0.1, 0.15) is 5.75 Å². The summed E-state index contributed by atoms with van der Waals surface area (Å²) in [6.07, 6.45) is 0.352. The molecule has 1 aliphatic heterocycles. The molecule has 0 spiro atoms. The van der Waals surface area contributed by atoms with Crippen molar-refractivity contribution in [2.45, 2.75) is 6.42 Å². The normalized spacial score (nSPS) is 15.3. The lowest BCUT2D eigenvalue weighted by Gasteiger charge is -2.05. The fourth-order valence-corrected chi connectivity index (χ4v) is 1.60. The molecular formula is C11H11NO3. The van der Waals surface area contributed by atoms with Gasteiger partial charge in [0.25, 0.3) is 5.91 Å². The first-order valence-electron chi connectivity index (χ1n) is 4.72. The maximum absolute atomic E-state index is 11.6. The summed E-state index contributed by atoms with van der Waals surface area (Å²) in [6.45, 7) is 0.397. The van der Waals surface area contributed by atoms with Crippen LogP contribution in [-0.4, -0.2) is 25.3 Å². The number of carbonyl (C=O) groups is 2. The van der Waals surface area contributed by atoms with E-state index in [1.807, 2.05) is 0 Å². The van der Waals surface area contributed by atoms with Crippen molar-refractivity contribution in [3.8, 4) is 5.75 Å². The van der Waals surface area contributed by atoms with Gasteiger partial charge < -0.3 is 10.1 Å². The molecule has 1 heterocycles. The number of amides is 1. The summed E-state index contributed by atoms with van der Waals surface area (Å²) in [5, 5.41) is 2.67. The van der Waals surface area contributed by atoms with Gasteiger partial charge in [0.15, 0.2) is 5.78 Å². The molecule has 1 N–H and O–H groups in total. The van der Waals surface area contributed by atoms with E-state index in [0.29, 0.717) is 29.8 Å². The summed E-state index contributed by atoms with van der Waals surface area (Å²) in [6, 6.07) is 4.92. The highest BCUT2D eigenvalue weighted by Gasteiger charge is 2.21. The Bertz CT molecular complexity index is 426. The van der Waals surface area contributed by atoms with Gasteiger partial charge in [-0.1, -0.05) is 0 Å². The van der Waals surface area contributed by atoms with Crippen molar-refractivity contribution < 1.29 is 14.3 Å². The molecule has 0 unspecified atom stereocenters. The van der Waals surface area contributed by atoms with Crippen LogP contribution in [0.4, 0.5) is 0 Å². The van der Waals surface area contributed by atoms with E-state index in [1.165, 1.54) is 7.11 Å². The lowest BCUT2D eigenvalue weighted by Crippen LogP contribution is -2.22. The van der Waals surface area contributed by atoms with Gasteiger partial charge in [0, 0.05) is 18.5 Å². The van der Waals surface area contributed by atoms with Crippen LogP contribution in [0.1, 0.15) is 27.1 Å². The van der Waals surface area contributed by atoms with Crippen LogP contribution in [0.3, 0.4) is 0 Å². The number of rotatable bonds is 1. The Morgan fingerprint density at radius 3 is 2.80 bits per heavy atom. The van der Waals surface area contributed by atoms with Gasteiger partial charge >= 0.3 is 0 Å². The SMILES string of the molecule is COc1ccc2c(c1)C(=O)NCCC2=O. The van der Waals surface area contributed by atoms with Gasteiger partial charge in [-0.3, -0.25) is 9.59 Å². The average Bonchev–Trinajstić information content (AvgIpc) is 2.40. The largest absolute Gasteiger partial charge is 0.497 e. The molecule has 15 heavy (non-hydrogen) atoms. The standard InChI is InChI=1S/C11H11NO3/c1-15-7-2-3-8-9(6-7)11(14)12-5-4-10(8)13/h2-3,6H,4-5H2,1H3,(H,12,14). The van der Waals surface area contributed by atoms with Crippen molar-refractivity contribution in [2.24, 2.45) is 0 Å². The van der Waals surface area contributed by atoms with Crippen molar-refractivity contribution in [3.63, 3.8) is 0 Å². The zero-order chi connectivity index (χ0) is 10.8. The molecule has 1 aliphatic rings. The number of nitrogens with one attached hydrogen (secondary N) is 1. The molecule has 1 aromatic rings. The molecule has 0 aliphatic carbocycles. The first-order valence-corrected chi connectivity index (χ1v) is 4.72. The monoisotopic (exact) mass is 205 g/mol. The maximum Gasteiger partial charge on any atom is 0.252 e. The van der Waals surface area contributed by atoms with Crippen LogP contribution in [0.5, 0.6) is 5.75 Å². The number of fused-ring (bicyclic) bond motifs is 1. The molecule has 0 saturated heterocycles. The van der Waals surface area contributed by atoms with E-state index >= 15 is 0 Å². The van der Waals surface area contributed by atoms with Crippen molar-refractivity contribution in [2.75, 3.05) is 13.7 Å². The van der Waals surface area contributed by atoms with Gasteiger partial charge in [-0.25, -0.2) is 0 Å². The second kappa shape index (κ2) is 3.73. The molecule has 0 saturated carbocycles. The first kappa shape index (κ1) is 9.71. The van der Waals surface area contributed by atoms with Gasteiger partial charge in [0.05, 0.1) is 12.7 Å². The second-order valence-corrected chi connectivity index (χ2v) is 3.34. The molecule has 0 bridgehead atoms. The number of methoxy groups -OCH3 is 1. The van der Waals surface area contributed by atoms with E-state index < -0.39 is 0 Å². The van der Waals surface area contributed by atoms with E-state index in [4.69, 9.17) is 4.74 Å². The van der Waals surface area contributed by atoms with E-state index in [1.54, 1.807) is 18.2 Å². The highest BCUT2D eigenvalue weighted by molar-refractivity contribution is 6.09. The summed E-state index contributed by atoms with van der Waals surface area (Å²) in [5.41, 5.74) is 0.877. The summed E-state index contributed by atoms with van der Waals surface area (Å²) in [5.74, 6) is 0.361. The topological polar surface area (TPSA) is 55.4 Å². The Hall–Kier alpha value is -1.84. The predicted molar refractivity (Wildman–Crippen MR) is 54.3 cm³/mol. The van der Waals surface area contributed by atoms with Gasteiger partial charge in [-0.15, -0.1) is 0 Å². The third kappa shape index (κ3) is 1.70. The molecule has 0 aromatic heterocycles. The molecular weight excluding hydrogens is 194 g/mol. The summed E-state index contributed by atoms with van der Waals surface area (Å²) < 4.78 is 5.01. The predicted octanol–water partition coefficient (Wildman–Crippen LogP) is 1.01. The molecule has 4 nitrogen and oxygen atoms in total. The Kier molecular flexibility index (Phi) is 2.41. The highest BCUT2D eigenvalue weighted by atomic mass is 16.5. The number of ether oxygens (including phenoxy) is 1. The molecule has 4 heteroatoms. The van der Waals surface area contributed by atoms with Crippen molar-refractivity contribution in [1.82, 2.24) is 5.32 Å². The zero-order valence-electron chi connectivity index (χ0n) is 8.37. The lowest BCUT2D eigenvalue weighted by molar-refractivity contribution is 0.0956. The molecule has 0 fully saturated rings. The van der Waals surface area contributed by atoms with Crippen LogP contribution >= 0.6 is 0 Å². The summed E-state index contributed by atoms with van der Waals surface area (Å²) in [4.78, 5) is 23.2. The molecule has 1 amide bonds. The first-order chi connectivity index (χ1) is 7.22. The fraction of sp³-hybridized carbons (Fsp3) is 0.273. The molecule has 1 aromatic carbocycles. The quantitative estimate of drug-likeness (QED) is 0.744. The van der Waals surface area contributed by atoms with E-state index in [0.717, 1.165) is 0 Å². The number of carbonyl (C=O) groups excluding carboxylic acids is 2. The van der Waals surface area contributed by atoms with Gasteiger partial charge in [-0.2, -0.15) is 0 Å². The lowest BCUT2D eigenvalue weighted by atomic mass is 10.0. The minimum absolute atomic E-state index is 0.00833. The van der Waals surface area contributed by atoms with Crippen LogP contribution in [-0.2, 0) is 0 Å². The number of ketones is 1. The van der Waals surface area contributed by atoms with E-state index in [2.05, 4.69) is 5.32 Å². The smallest absolute Gasteiger partial charge is 0.252 e. The fourth-order valence-electron chi connectivity index (χ4n) is 1.60. The molecule has 0 radical (unpaired) electrons. The number of hydrogen-bond donors (Lipinski definition) is 1. The Morgan fingerprint density at radius 2 is 2.07 bits per heavy atom. The van der Waals surface area contributed by atoms with Gasteiger partial charge in [-0.05, 0) is 18.2 Å². The van der Waals surface area contributed by atoms with E-state index in [-0.39, 0.29) is 11.7 Å². The number of benzene rings is 1. The molecule has 0 atom stereocenters. The zero-order valence-corrected chi connectivity index (χ0v) is 8.37. The van der Waals surface area contributed by atoms with Crippen LogP contribution in [0.25, 0.3) is 0 Å². The Labute approximate surface area is 87.2 Å². The Balaban J connectivity index is 2.55. The summed E-state index contributed by atoms with van der Waals surface area (Å²) in [7, 11) is 1.53. The molecule has 78 valence electrons. The van der Waals surface area contributed by atoms with Crippen LogP contribution in [0.2, 0.25) is 0 Å². The minimum Gasteiger partial charge on any atom is -0.497 e. The minimum atomic E-state index is -0.213. The van der Waals surface area contributed by atoms with E-state index in [9.17, 15) is 9.59 Å². The number of hydrogen-bond acceptors (Lipinski definition) is 3. The average molecular weight is 205 g/mol. The van der Waals surface area contributed by atoms with Crippen molar-refractivity contribution in [3.05, 3.63) is 29.3 Å². The maximum atomic E-state index is 11.6. The third-order valence-electron chi connectivity index (χ3n) is 2.41. The van der Waals surface area contributed by atoms with Gasteiger partial charge in [0.2, 0.25) is 0 Å². The van der Waals surface area contributed by atoms with Crippen LogP contribution in [0.15, 0.2) is 18.2 Å². The summed E-state index contributed by atoms with van der Waals surface area (Å²) >= 11 is 0. The van der Waals surface area contributed by atoms with Crippen molar-refractivity contribution in [1.29, 1.82) is 0 Å². The second-order valence-electron chi connectivity index (χ2n) is 3.34. The van der Waals surface area contributed by atoms with Crippen LogP contribution in [0, 0.1) is 0 Å². The van der Waals surface area contributed by atoms with Crippen LogP contribution < -0.4 is 10.1 Å². The third-order valence-corrected chi connectivity index (χ3v) is 2.41. The van der Waals surface area contributed by atoms with Crippen molar-refractivity contribution >= 4 is 11.7 Å². The number of Topliss-reactive ketones (excluding diaryl/α,β-unsaturated/α-hetero) is 1. The highest BCUT2D eigenvalue weighted by Crippen LogP contribution is 2.20. The molecule has 2 rings (SSSR count).